The lowest BCUT2D eigenvalue weighted by Gasteiger charge is -2.39. The first-order valence-corrected chi connectivity index (χ1v) is 14.6. The van der Waals surface area contributed by atoms with Gasteiger partial charge in [-0.15, -0.1) is 0 Å². The van der Waals surface area contributed by atoms with Crippen molar-refractivity contribution in [3.63, 3.8) is 0 Å². The molecule has 0 bridgehead atoms. The fraction of sp³-hybridized carbons (Fsp3) is 0.800. The average Bonchev–Trinajstić information content (AvgIpc) is 3.33. The molecule has 3 atom stereocenters. The van der Waals surface area contributed by atoms with Gasteiger partial charge in [-0.2, -0.15) is 0 Å². The van der Waals surface area contributed by atoms with E-state index < -0.39 is 70.2 Å². The Labute approximate surface area is 227 Å². The van der Waals surface area contributed by atoms with E-state index in [0.717, 1.165) is 19.3 Å². The molecule has 2 aliphatic rings. The summed E-state index contributed by atoms with van der Waals surface area (Å²) in [6, 6.07) is -2.41. The van der Waals surface area contributed by atoms with Crippen LogP contribution in [0.4, 0.5) is 4.79 Å². The van der Waals surface area contributed by atoms with Crippen molar-refractivity contribution in [3.05, 3.63) is 0 Å². The van der Waals surface area contributed by atoms with Gasteiger partial charge < -0.3 is 30.7 Å². The number of nitrogens with one attached hydrogen (secondary N) is 4. The maximum atomic E-state index is 13.6. The second-order valence-corrected chi connectivity index (χ2v) is 12.2. The molecule has 1 saturated carbocycles. The van der Waals surface area contributed by atoms with E-state index in [4.69, 9.17) is 0 Å². The Hall–Kier alpha value is -2.54. The van der Waals surface area contributed by atoms with Crippen molar-refractivity contribution in [2.45, 2.75) is 96.7 Å². The van der Waals surface area contributed by atoms with Crippen LogP contribution in [0.25, 0.3) is 0 Å². The number of ketones is 1. The second-order valence-electron chi connectivity index (χ2n) is 11.3. The number of Topliss-reactive ketones (excluding diaryl/α,β-unsaturated/α-hetero) is 1. The molecule has 216 valence electrons. The van der Waals surface area contributed by atoms with Crippen LogP contribution in [0, 0.1) is 5.41 Å². The van der Waals surface area contributed by atoms with Gasteiger partial charge in [0, 0.05) is 13.1 Å². The highest BCUT2D eigenvalue weighted by Crippen LogP contribution is 2.30. The van der Waals surface area contributed by atoms with Gasteiger partial charge >= 0.3 is 6.03 Å². The van der Waals surface area contributed by atoms with E-state index in [9.17, 15) is 32.7 Å². The number of nitrogens with zero attached hydrogens (tertiary/aromatic N) is 1. The molecular weight excluding hydrogens is 514 g/mol. The number of hydrogen-bond acceptors (Lipinski definition) is 6. The summed E-state index contributed by atoms with van der Waals surface area (Å²) in [5, 5.41) is 10.6. The van der Waals surface area contributed by atoms with Crippen LogP contribution in [0.5, 0.6) is 0 Å². The van der Waals surface area contributed by atoms with E-state index in [1.54, 1.807) is 20.8 Å². The SMILES string of the molecule is CCCNC(=O)C(=O)CNC(=O)[C@@H]1CCCN1C(=O)[C@@H](NC(=O)NC1(CS(=O)O)CCCCC1)C(C)(C)C. The van der Waals surface area contributed by atoms with Gasteiger partial charge in [-0.25, -0.2) is 9.00 Å². The van der Waals surface area contributed by atoms with Crippen LogP contribution in [0.2, 0.25) is 0 Å². The first kappa shape index (κ1) is 31.7. The predicted octanol–water partition coefficient (Wildman–Crippen LogP) is 0.827. The summed E-state index contributed by atoms with van der Waals surface area (Å²) in [6.45, 7) is 7.45. The molecule has 0 radical (unpaired) electrons. The summed E-state index contributed by atoms with van der Waals surface area (Å²) in [7, 11) is 0. The van der Waals surface area contributed by atoms with Gasteiger partial charge in [0.05, 0.1) is 17.8 Å². The van der Waals surface area contributed by atoms with Crippen LogP contribution in [0.3, 0.4) is 0 Å². The van der Waals surface area contributed by atoms with E-state index in [2.05, 4.69) is 21.3 Å². The Balaban J connectivity index is 2.08. The van der Waals surface area contributed by atoms with Gasteiger partial charge in [0.15, 0.2) is 11.1 Å². The first-order chi connectivity index (χ1) is 17.8. The van der Waals surface area contributed by atoms with Crippen molar-refractivity contribution in [2.24, 2.45) is 5.41 Å². The van der Waals surface area contributed by atoms with Crippen molar-refractivity contribution in [2.75, 3.05) is 25.4 Å². The molecule has 1 aliphatic heterocycles. The molecule has 0 aromatic heterocycles. The quantitative estimate of drug-likeness (QED) is 0.185. The van der Waals surface area contributed by atoms with Crippen LogP contribution < -0.4 is 21.3 Å². The van der Waals surface area contributed by atoms with Crippen molar-refractivity contribution >= 4 is 40.6 Å². The van der Waals surface area contributed by atoms with Crippen LogP contribution in [0.15, 0.2) is 0 Å². The Kier molecular flexibility index (Phi) is 11.7. The normalized spacial score (nSPS) is 20.7. The van der Waals surface area contributed by atoms with Crippen molar-refractivity contribution in [3.8, 4) is 0 Å². The van der Waals surface area contributed by atoms with Crippen LogP contribution in [-0.2, 0) is 30.3 Å². The van der Waals surface area contributed by atoms with Gasteiger partial charge in [0.2, 0.25) is 17.6 Å². The Morgan fingerprint density at radius 2 is 1.71 bits per heavy atom. The number of likely N-dealkylation sites (tertiary alicyclic amines) is 1. The summed E-state index contributed by atoms with van der Waals surface area (Å²) < 4.78 is 21.1. The fourth-order valence-corrected chi connectivity index (χ4v) is 5.83. The van der Waals surface area contributed by atoms with Gasteiger partial charge in [0.1, 0.15) is 12.1 Å². The molecule has 0 aromatic rings. The summed E-state index contributed by atoms with van der Waals surface area (Å²) in [4.78, 5) is 64.8. The maximum Gasteiger partial charge on any atom is 0.315 e. The zero-order valence-electron chi connectivity index (χ0n) is 22.9. The Morgan fingerprint density at radius 3 is 2.29 bits per heavy atom. The Morgan fingerprint density at radius 1 is 1.05 bits per heavy atom. The third kappa shape index (κ3) is 9.04. The highest BCUT2D eigenvalue weighted by Gasteiger charge is 2.43. The molecule has 0 aromatic carbocycles. The topological polar surface area (TPSA) is 174 Å². The zero-order chi connectivity index (χ0) is 28.5. The average molecular weight is 558 g/mol. The molecule has 0 spiro atoms. The minimum absolute atomic E-state index is 0.0852. The number of urea groups is 1. The fourth-order valence-electron chi connectivity index (χ4n) is 5.00. The van der Waals surface area contributed by atoms with E-state index in [-0.39, 0.29) is 5.75 Å². The third-order valence-electron chi connectivity index (χ3n) is 7.03. The standard InChI is InChI=1S/C25H43N5O7S/c1-5-13-26-21(33)18(31)15-27-20(32)17-10-9-14-30(17)22(34)19(24(2,3)4)28-23(35)29-25(16-38(36)37)11-7-6-8-12-25/h17,19H,5-16H2,1-4H3,(H,26,33)(H,27,32)(H,36,37)(H2,28,29,35)/t17-,19+/m0/s1. The molecule has 2 rings (SSSR count). The minimum atomic E-state index is -2.09. The highest BCUT2D eigenvalue weighted by molar-refractivity contribution is 7.79. The molecular formula is C25H43N5O7S. The summed E-state index contributed by atoms with van der Waals surface area (Å²) in [6.07, 6.45) is 5.42. The molecule has 1 heterocycles. The number of amides is 5. The molecule has 13 heteroatoms. The largest absolute Gasteiger partial charge is 0.349 e. The predicted molar refractivity (Wildman–Crippen MR) is 142 cm³/mol. The molecule has 1 saturated heterocycles. The van der Waals surface area contributed by atoms with E-state index in [0.29, 0.717) is 45.2 Å². The van der Waals surface area contributed by atoms with Gasteiger partial charge in [-0.05, 0) is 37.5 Å². The zero-order valence-corrected chi connectivity index (χ0v) is 23.7. The van der Waals surface area contributed by atoms with Crippen molar-refractivity contribution in [1.82, 2.24) is 26.2 Å². The van der Waals surface area contributed by atoms with E-state index in [1.165, 1.54) is 4.90 Å². The summed E-state index contributed by atoms with van der Waals surface area (Å²) in [5.74, 6) is -2.58. The van der Waals surface area contributed by atoms with E-state index in [1.807, 2.05) is 6.92 Å². The van der Waals surface area contributed by atoms with Crippen LogP contribution >= 0.6 is 0 Å². The molecule has 2 fully saturated rings. The van der Waals surface area contributed by atoms with Crippen molar-refractivity contribution in [1.29, 1.82) is 0 Å². The lowest BCUT2D eigenvalue weighted by atomic mass is 9.83. The van der Waals surface area contributed by atoms with Gasteiger partial charge in [0.25, 0.3) is 5.91 Å². The minimum Gasteiger partial charge on any atom is -0.349 e. The maximum absolute atomic E-state index is 13.6. The molecule has 1 aliphatic carbocycles. The van der Waals surface area contributed by atoms with Crippen LogP contribution in [0.1, 0.15) is 79.1 Å². The first-order valence-electron chi connectivity index (χ1n) is 13.3. The van der Waals surface area contributed by atoms with Gasteiger partial charge in [-0.1, -0.05) is 47.0 Å². The molecule has 5 amide bonds. The Bertz CT molecular complexity index is 914. The second kappa shape index (κ2) is 14.0. The summed E-state index contributed by atoms with van der Waals surface area (Å²) in [5.41, 5.74) is -1.52. The lowest BCUT2D eigenvalue weighted by molar-refractivity contribution is -0.142. The number of carbonyl (C=O) groups is 5. The molecule has 1 unspecified atom stereocenters. The summed E-state index contributed by atoms with van der Waals surface area (Å²) >= 11 is -2.09. The van der Waals surface area contributed by atoms with Crippen molar-refractivity contribution < 1.29 is 32.7 Å². The van der Waals surface area contributed by atoms with Gasteiger partial charge in [-0.3, -0.25) is 19.2 Å². The monoisotopic (exact) mass is 557 g/mol. The number of rotatable bonds is 11. The van der Waals surface area contributed by atoms with Crippen LogP contribution in [-0.4, -0.2) is 86.2 Å². The molecule has 12 nitrogen and oxygen atoms in total. The molecule has 5 N–H and O–H groups in total. The smallest absolute Gasteiger partial charge is 0.315 e. The van der Waals surface area contributed by atoms with E-state index >= 15 is 0 Å². The highest BCUT2D eigenvalue weighted by atomic mass is 32.2. The number of hydrogen-bond donors (Lipinski definition) is 5. The third-order valence-corrected chi connectivity index (χ3v) is 7.83. The molecule has 38 heavy (non-hydrogen) atoms. The lowest BCUT2D eigenvalue weighted by Crippen LogP contribution is -2.62. The number of carbonyl (C=O) groups excluding carboxylic acids is 5.